The first-order valence-electron chi connectivity index (χ1n) is 7.89. The van der Waals surface area contributed by atoms with Crippen LogP contribution in [0, 0.1) is 0 Å². The number of carbonyl (C=O) groups is 2. The number of benzene rings is 2. The smallest absolute Gasteiger partial charge is 0.398 e. The highest BCUT2D eigenvalue weighted by Crippen LogP contribution is 2.32. The van der Waals surface area contributed by atoms with Crippen LogP contribution in [0.4, 0.5) is 0 Å². The van der Waals surface area contributed by atoms with Crippen molar-refractivity contribution >= 4 is 23.4 Å². The van der Waals surface area contributed by atoms with E-state index in [0.717, 1.165) is 19.8 Å². The molecule has 1 aliphatic rings. The fourth-order valence-electron chi connectivity index (χ4n) is 2.57. The molecule has 0 fully saturated rings. The predicted octanol–water partition coefficient (Wildman–Crippen LogP) is 2.59. The van der Waals surface area contributed by atoms with Gasteiger partial charge in [0.2, 0.25) is 0 Å². The molecule has 1 aliphatic heterocycles. The van der Waals surface area contributed by atoms with E-state index in [1.165, 1.54) is 0 Å². The van der Waals surface area contributed by atoms with E-state index in [0.29, 0.717) is 17.0 Å². The van der Waals surface area contributed by atoms with Crippen molar-refractivity contribution in [2.24, 2.45) is 4.99 Å². The van der Waals surface area contributed by atoms with E-state index in [-0.39, 0.29) is 0 Å². The van der Waals surface area contributed by atoms with Crippen molar-refractivity contribution in [1.82, 2.24) is 0 Å². The molecule has 0 amide bonds. The fraction of sp³-hybridized carbons (Fsp3) is 0.150. The van der Waals surface area contributed by atoms with Gasteiger partial charge in [-0.25, -0.2) is 14.6 Å². The van der Waals surface area contributed by atoms with Crippen molar-refractivity contribution in [1.29, 1.82) is 0 Å². The summed E-state index contributed by atoms with van der Waals surface area (Å²) >= 11 is 0. The summed E-state index contributed by atoms with van der Waals surface area (Å²) in [4.78, 5) is 29.2. The Labute approximate surface area is 150 Å². The minimum absolute atomic E-state index is 0.315. The molecule has 0 N–H and O–H groups in total. The summed E-state index contributed by atoms with van der Waals surface area (Å²) in [5.74, 6) is -1.60. The van der Waals surface area contributed by atoms with Crippen molar-refractivity contribution in [3.05, 3.63) is 77.9 Å². The van der Waals surface area contributed by atoms with E-state index in [9.17, 15) is 9.59 Å². The molecule has 0 aromatic heterocycles. The average Bonchev–Trinajstić information content (AvgIpc) is 2.73. The van der Waals surface area contributed by atoms with Crippen LogP contribution in [-0.4, -0.2) is 37.6 Å². The van der Waals surface area contributed by atoms with Crippen molar-refractivity contribution in [3.8, 4) is 0 Å². The molecule has 0 spiro atoms. The summed E-state index contributed by atoms with van der Waals surface area (Å²) in [5.41, 5.74) is -0.435. The summed E-state index contributed by atoms with van der Waals surface area (Å²) < 4.78 is 15.3. The van der Waals surface area contributed by atoms with Crippen molar-refractivity contribution < 1.29 is 23.8 Å². The third kappa shape index (κ3) is 3.09. The number of rotatable bonds is 4. The number of hydrogen-bond donors (Lipinski definition) is 0. The third-order valence-corrected chi connectivity index (χ3v) is 3.86. The first-order valence-corrected chi connectivity index (χ1v) is 7.89. The Morgan fingerprint density at radius 1 is 0.846 bits per heavy atom. The molecule has 0 radical (unpaired) electrons. The van der Waals surface area contributed by atoms with Crippen LogP contribution in [0.1, 0.15) is 11.1 Å². The van der Waals surface area contributed by atoms with Crippen LogP contribution in [0.3, 0.4) is 0 Å². The topological polar surface area (TPSA) is 74.2 Å². The van der Waals surface area contributed by atoms with E-state index in [2.05, 4.69) is 4.99 Å². The second-order valence-electron chi connectivity index (χ2n) is 5.47. The van der Waals surface area contributed by atoms with Crippen LogP contribution in [0.15, 0.2) is 71.7 Å². The van der Waals surface area contributed by atoms with Gasteiger partial charge < -0.3 is 14.2 Å². The molecule has 0 aliphatic carbocycles. The van der Waals surface area contributed by atoms with Gasteiger partial charge in [0.15, 0.2) is 0 Å². The molecule has 2 aromatic rings. The summed E-state index contributed by atoms with van der Waals surface area (Å²) in [7, 11) is 2.32. The Kier molecular flexibility index (Phi) is 4.84. The van der Waals surface area contributed by atoms with Gasteiger partial charge in [0.25, 0.3) is 0 Å². The summed E-state index contributed by atoms with van der Waals surface area (Å²) in [6.07, 6.45) is 1.68. The molecule has 3 rings (SSSR count). The molecule has 0 atom stereocenters. The number of hydrogen-bond acceptors (Lipinski definition) is 6. The van der Waals surface area contributed by atoms with Crippen LogP contribution in [0.5, 0.6) is 0 Å². The quantitative estimate of drug-likeness (QED) is 0.625. The molecule has 1 heterocycles. The van der Waals surface area contributed by atoms with Gasteiger partial charge in [0.1, 0.15) is 5.76 Å². The van der Waals surface area contributed by atoms with E-state index in [4.69, 9.17) is 14.2 Å². The minimum atomic E-state index is -2.26. The maximum Gasteiger partial charge on any atom is 0.398 e. The molecular formula is C20H17NO5. The van der Waals surface area contributed by atoms with E-state index >= 15 is 0 Å². The zero-order chi connectivity index (χ0) is 18.6. The molecule has 132 valence electrons. The second kappa shape index (κ2) is 7.23. The number of esters is 2. The Hall–Kier alpha value is -3.41. The van der Waals surface area contributed by atoms with Crippen LogP contribution in [-0.2, 0) is 23.8 Å². The van der Waals surface area contributed by atoms with E-state index in [1.807, 2.05) is 48.5 Å². The highest BCUT2D eigenvalue weighted by molar-refractivity contribution is 6.17. The molecule has 0 unspecified atom stereocenters. The molecule has 26 heavy (non-hydrogen) atoms. The number of allylic oxidation sites excluding steroid dienone is 1. The maximum absolute atomic E-state index is 12.5. The minimum Gasteiger partial charge on any atom is -0.464 e. The molecule has 0 saturated heterocycles. The Morgan fingerprint density at radius 3 is 1.85 bits per heavy atom. The second-order valence-corrected chi connectivity index (χ2v) is 5.47. The zero-order valence-electron chi connectivity index (χ0n) is 14.3. The van der Waals surface area contributed by atoms with Crippen molar-refractivity contribution in [2.75, 3.05) is 14.2 Å². The third-order valence-electron chi connectivity index (χ3n) is 3.86. The van der Waals surface area contributed by atoms with Gasteiger partial charge in [-0.1, -0.05) is 60.7 Å². The standard InChI is InChI=1S/C20H17NO5/c1-24-18(22)20(19(23)25-2)21-16(14-9-5-3-6-10-14)13-17(26-20)15-11-7-4-8-12-15/h3-13H,1-2H3. The number of ether oxygens (including phenoxy) is 3. The highest BCUT2D eigenvalue weighted by Gasteiger charge is 2.54. The van der Waals surface area contributed by atoms with E-state index in [1.54, 1.807) is 18.2 Å². The molecule has 0 saturated carbocycles. The normalized spacial score (nSPS) is 15.2. The van der Waals surface area contributed by atoms with Crippen LogP contribution >= 0.6 is 0 Å². The fourth-order valence-corrected chi connectivity index (χ4v) is 2.57. The first kappa shape index (κ1) is 17.4. The maximum atomic E-state index is 12.5. The number of carbonyl (C=O) groups excluding carboxylic acids is 2. The van der Waals surface area contributed by atoms with Crippen LogP contribution < -0.4 is 0 Å². The van der Waals surface area contributed by atoms with Crippen molar-refractivity contribution in [2.45, 2.75) is 5.72 Å². The Morgan fingerprint density at radius 2 is 1.35 bits per heavy atom. The van der Waals surface area contributed by atoms with Crippen molar-refractivity contribution in [3.63, 3.8) is 0 Å². The van der Waals surface area contributed by atoms with Gasteiger partial charge in [0, 0.05) is 11.6 Å². The molecule has 0 bridgehead atoms. The van der Waals surface area contributed by atoms with Crippen LogP contribution in [0.25, 0.3) is 5.76 Å². The van der Waals surface area contributed by atoms with Gasteiger partial charge in [-0.15, -0.1) is 0 Å². The summed E-state index contributed by atoms with van der Waals surface area (Å²) in [5, 5.41) is 0. The van der Waals surface area contributed by atoms with Gasteiger partial charge >= 0.3 is 17.7 Å². The average molecular weight is 351 g/mol. The monoisotopic (exact) mass is 351 g/mol. The summed E-state index contributed by atoms with van der Waals surface area (Å²) in [6, 6.07) is 18.3. The molecular weight excluding hydrogens is 334 g/mol. The lowest BCUT2D eigenvalue weighted by Gasteiger charge is -2.30. The predicted molar refractivity (Wildman–Crippen MR) is 95.2 cm³/mol. The molecule has 6 heteroatoms. The van der Waals surface area contributed by atoms with Gasteiger partial charge in [-0.2, -0.15) is 0 Å². The SMILES string of the molecule is COC(=O)C1(C(=O)OC)N=C(c2ccccc2)C=C(c2ccccc2)O1. The lowest BCUT2D eigenvalue weighted by atomic mass is 10.0. The Balaban J connectivity index is 2.20. The van der Waals surface area contributed by atoms with Gasteiger partial charge in [-0.3, -0.25) is 0 Å². The lowest BCUT2D eigenvalue weighted by Crippen LogP contribution is -2.50. The number of nitrogens with zero attached hydrogens (tertiary/aromatic N) is 1. The molecule has 2 aromatic carbocycles. The lowest BCUT2D eigenvalue weighted by molar-refractivity contribution is -0.178. The van der Waals surface area contributed by atoms with E-state index < -0.39 is 17.7 Å². The number of aliphatic imine (C=N–C) groups is 1. The first-order chi connectivity index (χ1) is 12.6. The molecule has 6 nitrogen and oxygen atoms in total. The van der Waals surface area contributed by atoms with Crippen LogP contribution in [0.2, 0.25) is 0 Å². The largest absolute Gasteiger partial charge is 0.464 e. The van der Waals surface area contributed by atoms with Gasteiger partial charge in [0.05, 0.1) is 19.9 Å². The zero-order valence-corrected chi connectivity index (χ0v) is 14.3. The Bertz CT molecular complexity index is 856. The highest BCUT2D eigenvalue weighted by atomic mass is 16.6. The number of methoxy groups -OCH3 is 2. The van der Waals surface area contributed by atoms with Gasteiger partial charge in [-0.05, 0) is 5.56 Å². The summed E-state index contributed by atoms with van der Waals surface area (Å²) in [6.45, 7) is 0.